The monoisotopic (exact) mass is 279 g/mol. The molecular formula is C12H10FN3O2S. The van der Waals surface area contributed by atoms with Crippen molar-refractivity contribution in [3.63, 3.8) is 0 Å². The standard InChI is InChI=1S/C12H10FN3O2S/c13-8-3-1-2-4-9(8)15-10(17)7-19-11-5-6-14-12(18)16-11/h1-6H,7H2,(H,15,17)(H,14,16,18). The molecule has 1 aromatic heterocycles. The predicted octanol–water partition coefficient (Wildman–Crippen LogP) is 1.64. The van der Waals surface area contributed by atoms with Crippen LogP contribution in [0.3, 0.4) is 0 Å². The number of aromatic nitrogens is 2. The summed E-state index contributed by atoms with van der Waals surface area (Å²) in [7, 11) is 0. The summed E-state index contributed by atoms with van der Waals surface area (Å²) in [6.07, 6.45) is 1.36. The minimum Gasteiger partial charge on any atom is -0.323 e. The van der Waals surface area contributed by atoms with E-state index in [2.05, 4.69) is 15.3 Å². The second-order valence-electron chi connectivity index (χ2n) is 3.56. The fourth-order valence-corrected chi connectivity index (χ4v) is 2.00. The Labute approximate surface area is 112 Å². The van der Waals surface area contributed by atoms with Crippen LogP contribution >= 0.6 is 11.8 Å². The van der Waals surface area contributed by atoms with Gasteiger partial charge >= 0.3 is 5.69 Å². The molecule has 0 saturated heterocycles. The highest BCUT2D eigenvalue weighted by atomic mass is 32.2. The number of para-hydroxylation sites is 1. The largest absolute Gasteiger partial charge is 0.345 e. The van der Waals surface area contributed by atoms with E-state index >= 15 is 0 Å². The van der Waals surface area contributed by atoms with E-state index in [-0.39, 0.29) is 17.3 Å². The molecule has 0 radical (unpaired) electrons. The number of carbonyl (C=O) groups excluding carboxylic acids is 1. The molecular weight excluding hydrogens is 269 g/mol. The molecule has 2 rings (SSSR count). The molecule has 0 atom stereocenters. The van der Waals surface area contributed by atoms with Gasteiger partial charge in [-0.2, -0.15) is 0 Å². The molecule has 0 spiro atoms. The van der Waals surface area contributed by atoms with Gasteiger partial charge in [0.25, 0.3) is 0 Å². The highest BCUT2D eigenvalue weighted by Crippen LogP contribution is 2.15. The fourth-order valence-electron chi connectivity index (χ4n) is 1.33. The number of nitrogens with zero attached hydrogens (tertiary/aromatic N) is 1. The first-order valence-corrected chi connectivity index (χ1v) is 6.36. The van der Waals surface area contributed by atoms with Gasteiger partial charge in [-0.25, -0.2) is 14.2 Å². The Bertz CT molecular complexity index is 645. The van der Waals surface area contributed by atoms with Crippen LogP contribution in [0, 0.1) is 5.82 Å². The van der Waals surface area contributed by atoms with Crippen molar-refractivity contribution in [3.05, 3.63) is 52.8 Å². The molecule has 1 amide bonds. The van der Waals surface area contributed by atoms with E-state index in [9.17, 15) is 14.0 Å². The molecule has 0 aliphatic rings. The maximum atomic E-state index is 13.3. The zero-order valence-corrected chi connectivity index (χ0v) is 10.5. The quantitative estimate of drug-likeness (QED) is 0.659. The molecule has 0 aliphatic heterocycles. The molecule has 7 heteroatoms. The molecule has 0 bridgehead atoms. The number of H-pyrrole nitrogens is 1. The normalized spacial score (nSPS) is 10.2. The Hall–Kier alpha value is -2.15. The number of rotatable bonds is 4. The van der Waals surface area contributed by atoms with E-state index in [1.807, 2.05) is 0 Å². The summed E-state index contributed by atoms with van der Waals surface area (Å²) >= 11 is 1.14. The molecule has 19 heavy (non-hydrogen) atoms. The van der Waals surface area contributed by atoms with Gasteiger partial charge in [0, 0.05) is 6.20 Å². The van der Waals surface area contributed by atoms with Gasteiger partial charge in [-0.3, -0.25) is 4.79 Å². The van der Waals surface area contributed by atoms with Gasteiger partial charge in [-0.1, -0.05) is 23.9 Å². The number of amides is 1. The van der Waals surface area contributed by atoms with Crippen molar-refractivity contribution < 1.29 is 9.18 Å². The van der Waals surface area contributed by atoms with Crippen molar-refractivity contribution in [1.29, 1.82) is 0 Å². The first-order chi connectivity index (χ1) is 9.15. The Morgan fingerprint density at radius 1 is 1.37 bits per heavy atom. The maximum Gasteiger partial charge on any atom is 0.345 e. The van der Waals surface area contributed by atoms with Crippen LogP contribution in [0.1, 0.15) is 0 Å². The Morgan fingerprint density at radius 3 is 2.89 bits per heavy atom. The number of aromatic amines is 1. The average molecular weight is 279 g/mol. The van der Waals surface area contributed by atoms with Crippen LogP contribution in [0.25, 0.3) is 0 Å². The lowest BCUT2D eigenvalue weighted by molar-refractivity contribution is -0.113. The van der Waals surface area contributed by atoms with Crippen LogP contribution in [0.5, 0.6) is 0 Å². The summed E-state index contributed by atoms with van der Waals surface area (Å²) in [4.78, 5) is 28.5. The van der Waals surface area contributed by atoms with Crippen LogP contribution in [-0.4, -0.2) is 21.6 Å². The molecule has 2 aromatic rings. The van der Waals surface area contributed by atoms with Gasteiger partial charge in [0.1, 0.15) is 5.82 Å². The van der Waals surface area contributed by atoms with Crippen molar-refractivity contribution in [2.75, 3.05) is 11.1 Å². The third-order valence-corrected chi connectivity index (χ3v) is 3.11. The number of anilines is 1. The van der Waals surface area contributed by atoms with E-state index in [0.717, 1.165) is 11.8 Å². The van der Waals surface area contributed by atoms with Gasteiger partial charge in [0.2, 0.25) is 5.91 Å². The zero-order valence-electron chi connectivity index (χ0n) is 9.72. The SMILES string of the molecule is O=C(CSc1ccnc(=O)[nH]1)Nc1ccccc1F. The highest BCUT2D eigenvalue weighted by Gasteiger charge is 2.07. The van der Waals surface area contributed by atoms with E-state index in [1.54, 1.807) is 18.2 Å². The van der Waals surface area contributed by atoms with Gasteiger partial charge in [0.15, 0.2) is 0 Å². The Kier molecular flexibility index (Phi) is 4.30. The van der Waals surface area contributed by atoms with Crippen LogP contribution in [0.4, 0.5) is 10.1 Å². The zero-order chi connectivity index (χ0) is 13.7. The summed E-state index contributed by atoms with van der Waals surface area (Å²) in [5.41, 5.74) is -0.337. The van der Waals surface area contributed by atoms with Gasteiger partial charge in [-0.15, -0.1) is 0 Å². The molecule has 1 heterocycles. The number of carbonyl (C=O) groups is 1. The molecule has 5 nitrogen and oxygen atoms in total. The fraction of sp³-hybridized carbons (Fsp3) is 0.0833. The van der Waals surface area contributed by atoms with Crippen molar-refractivity contribution in [3.8, 4) is 0 Å². The second kappa shape index (κ2) is 6.14. The lowest BCUT2D eigenvalue weighted by Crippen LogP contribution is -2.16. The summed E-state index contributed by atoms with van der Waals surface area (Å²) < 4.78 is 13.3. The molecule has 2 N–H and O–H groups in total. The summed E-state index contributed by atoms with van der Waals surface area (Å²) in [5.74, 6) is -0.778. The van der Waals surface area contributed by atoms with E-state index < -0.39 is 11.5 Å². The molecule has 0 fully saturated rings. The van der Waals surface area contributed by atoms with Crippen LogP contribution in [-0.2, 0) is 4.79 Å². The number of nitrogens with one attached hydrogen (secondary N) is 2. The molecule has 0 aliphatic carbocycles. The lowest BCUT2D eigenvalue weighted by atomic mass is 10.3. The summed E-state index contributed by atoms with van der Waals surface area (Å²) in [6, 6.07) is 7.51. The van der Waals surface area contributed by atoms with Crippen molar-refractivity contribution in [1.82, 2.24) is 9.97 Å². The van der Waals surface area contributed by atoms with Crippen LogP contribution < -0.4 is 11.0 Å². The maximum absolute atomic E-state index is 13.3. The van der Waals surface area contributed by atoms with Crippen LogP contribution in [0.15, 0.2) is 46.3 Å². The van der Waals surface area contributed by atoms with E-state index in [1.165, 1.54) is 18.3 Å². The Balaban J connectivity index is 1.92. The third kappa shape index (κ3) is 3.92. The number of halogens is 1. The minimum absolute atomic E-state index is 0.0638. The topological polar surface area (TPSA) is 74.8 Å². The van der Waals surface area contributed by atoms with E-state index in [4.69, 9.17) is 0 Å². The molecule has 98 valence electrons. The van der Waals surface area contributed by atoms with Crippen LogP contribution in [0.2, 0.25) is 0 Å². The highest BCUT2D eigenvalue weighted by molar-refractivity contribution is 7.99. The van der Waals surface area contributed by atoms with Crippen molar-refractivity contribution in [2.45, 2.75) is 5.03 Å². The number of hydrogen-bond donors (Lipinski definition) is 2. The average Bonchev–Trinajstić information content (AvgIpc) is 2.39. The molecule has 0 saturated carbocycles. The van der Waals surface area contributed by atoms with Crippen molar-refractivity contribution in [2.24, 2.45) is 0 Å². The first-order valence-electron chi connectivity index (χ1n) is 5.37. The summed E-state index contributed by atoms with van der Waals surface area (Å²) in [5, 5.41) is 2.98. The first kappa shape index (κ1) is 13.3. The number of hydrogen-bond acceptors (Lipinski definition) is 4. The smallest absolute Gasteiger partial charge is 0.323 e. The van der Waals surface area contributed by atoms with E-state index in [0.29, 0.717) is 5.03 Å². The lowest BCUT2D eigenvalue weighted by Gasteiger charge is -2.05. The predicted molar refractivity (Wildman–Crippen MR) is 70.6 cm³/mol. The van der Waals surface area contributed by atoms with Gasteiger partial charge in [0.05, 0.1) is 16.5 Å². The third-order valence-electron chi connectivity index (χ3n) is 2.15. The number of benzene rings is 1. The molecule has 1 aromatic carbocycles. The minimum atomic E-state index is -0.488. The summed E-state index contributed by atoms with van der Waals surface area (Å²) in [6.45, 7) is 0. The Morgan fingerprint density at radius 2 is 2.16 bits per heavy atom. The number of thioether (sulfide) groups is 1. The van der Waals surface area contributed by atoms with Gasteiger partial charge in [-0.05, 0) is 18.2 Å². The van der Waals surface area contributed by atoms with Gasteiger partial charge < -0.3 is 10.3 Å². The second-order valence-corrected chi connectivity index (χ2v) is 4.57. The van der Waals surface area contributed by atoms with Crippen molar-refractivity contribution >= 4 is 23.4 Å². The molecule has 0 unspecified atom stereocenters.